The Bertz CT molecular complexity index is 1220. The Morgan fingerprint density at radius 1 is 1.10 bits per heavy atom. The van der Waals surface area contributed by atoms with Crippen molar-refractivity contribution in [2.45, 2.75) is 45.5 Å². The van der Waals surface area contributed by atoms with Crippen LogP contribution < -0.4 is 9.64 Å². The summed E-state index contributed by atoms with van der Waals surface area (Å²) < 4.78 is 50.7. The van der Waals surface area contributed by atoms with E-state index >= 15 is 0 Å². The van der Waals surface area contributed by atoms with E-state index in [0.29, 0.717) is 22.0 Å². The van der Waals surface area contributed by atoms with E-state index in [9.17, 15) is 32.9 Å². The Balaban J connectivity index is 1.98. The number of piperazine rings is 1. The van der Waals surface area contributed by atoms with Crippen molar-refractivity contribution in [1.82, 2.24) is 9.80 Å². The maximum Gasteiger partial charge on any atom is 0.471 e. The number of ether oxygens (including phenoxy) is 2. The number of anilines is 1. The highest BCUT2D eigenvalue weighted by Crippen LogP contribution is 2.40. The lowest BCUT2D eigenvalue weighted by molar-refractivity contribution is -0.384. The van der Waals surface area contributed by atoms with Crippen LogP contribution in [0.1, 0.15) is 26.3 Å². The van der Waals surface area contributed by atoms with Gasteiger partial charge in [-0.05, 0) is 45.9 Å². The number of benzene rings is 2. The molecule has 2 aromatic rings. The molecule has 0 unspecified atom stereocenters. The van der Waals surface area contributed by atoms with Gasteiger partial charge in [-0.3, -0.25) is 19.8 Å². The number of carbonyl (C=O) groups excluding carboxylic acids is 2. The Kier molecular flexibility index (Phi) is 8.61. The number of carbonyl (C=O) groups is 2. The average Bonchev–Trinajstić information content (AvgIpc) is 2.83. The number of nitrogens with zero attached hydrogens (tertiary/aromatic N) is 4. The maximum absolute atomic E-state index is 13.1. The first-order chi connectivity index (χ1) is 18.1. The third-order valence-corrected chi connectivity index (χ3v) is 6.03. The van der Waals surface area contributed by atoms with Gasteiger partial charge in [-0.25, -0.2) is 4.79 Å². The number of para-hydroxylation sites is 1. The number of nitro benzene ring substituents is 1. The molecule has 1 fully saturated rings. The average molecular weight is 553 g/mol. The summed E-state index contributed by atoms with van der Waals surface area (Å²) in [4.78, 5) is 39.6. The smallest absolute Gasteiger partial charge is 0.457 e. The molecule has 0 N–H and O–H groups in total. The van der Waals surface area contributed by atoms with E-state index < -0.39 is 41.3 Å². The first-order valence-corrected chi connectivity index (χ1v) is 12.2. The van der Waals surface area contributed by atoms with Crippen molar-refractivity contribution < 1.29 is 37.2 Å². The van der Waals surface area contributed by atoms with Crippen molar-refractivity contribution in [3.8, 4) is 11.5 Å². The van der Waals surface area contributed by atoms with E-state index in [-0.39, 0.29) is 31.0 Å². The predicted molar refractivity (Wildman–Crippen MR) is 137 cm³/mol. The zero-order chi connectivity index (χ0) is 29.1. The molecule has 0 saturated carbocycles. The van der Waals surface area contributed by atoms with E-state index in [4.69, 9.17) is 9.47 Å². The van der Waals surface area contributed by atoms with Crippen LogP contribution in [0.4, 0.5) is 29.3 Å². The number of halogens is 3. The van der Waals surface area contributed by atoms with E-state index in [2.05, 4.69) is 0 Å². The largest absolute Gasteiger partial charge is 0.471 e. The molecule has 3 rings (SSSR count). The molecule has 0 bridgehead atoms. The van der Waals surface area contributed by atoms with E-state index in [1.807, 2.05) is 6.07 Å². The van der Waals surface area contributed by atoms with Crippen LogP contribution in [-0.4, -0.2) is 77.8 Å². The molecule has 1 aliphatic rings. The van der Waals surface area contributed by atoms with Crippen LogP contribution in [0.3, 0.4) is 0 Å². The topological polar surface area (TPSA) is 105 Å². The fourth-order valence-electron chi connectivity index (χ4n) is 4.33. The molecule has 0 radical (unpaired) electrons. The number of nitro groups is 1. The molecule has 13 heteroatoms. The maximum atomic E-state index is 13.1. The van der Waals surface area contributed by atoms with E-state index in [1.165, 1.54) is 17.0 Å². The molecule has 10 nitrogen and oxygen atoms in total. The molecule has 39 heavy (non-hydrogen) atoms. The van der Waals surface area contributed by atoms with Gasteiger partial charge in [-0.1, -0.05) is 18.2 Å². The van der Waals surface area contributed by atoms with Crippen LogP contribution in [0.5, 0.6) is 11.5 Å². The van der Waals surface area contributed by atoms with Crippen LogP contribution in [0.15, 0.2) is 42.5 Å². The zero-order valence-corrected chi connectivity index (χ0v) is 22.3. The fourth-order valence-corrected chi connectivity index (χ4v) is 4.33. The highest BCUT2D eigenvalue weighted by molar-refractivity contribution is 5.81. The summed E-state index contributed by atoms with van der Waals surface area (Å²) in [5.41, 5.74) is -0.438. The number of likely N-dealkylation sites (N-methyl/N-ethyl adjacent to an activating group) is 1. The monoisotopic (exact) mass is 552 g/mol. The SMILES string of the molecule is Cc1c(Oc2ccccc2)ccc([N+](=O)[O-])c1N1CCN(C(=O)OC(C)(C)C)[C@@H](CN(C)C(=O)C(F)(F)F)C1. The minimum Gasteiger partial charge on any atom is -0.457 e. The van der Waals surface area contributed by atoms with Crippen LogP contribution in [0.2, 0.25) is 0 Å². The van der Waals surface area contributed by atoms with E-state index in [1.54, 1.807) is 56.9 Å². The Morgan fingerprint density at radius 3 is 2.31 bits per heavy atom. The standard InChI is InChI=1S/C26H31F3N4O6/c1-17-21(38-19-9-7-6-8-10-19)12-11-20(33(36)37)22(17)31-13-14-32(24(35)39-25(2,3)4)18(16-31)15-30(5)23(34)26(27,28)29/h6-12,18H,13-16H2,1-5H3/t18-/m0/s1. The molecule has 1 atom stereocenters. The summed E-state index contributed by atoms with van der Waals surface area (Å²) in [6.45, 7) is 6.17. The summed E-state index contributed by atoms with van der Waals surface area (Å²) >= 11 is 0. The molecule has 0 aromatic heterocycles. The summed E-state index contributed by atoms with van der Waals surface area (Å²) in [6, 6.07) is 10.6. The minimum atomic E-state index is -5.10. The van der Waals surface area contributed by atoms with Gasteiger partial charge in [0.15, 0.2) is 0 Å². The van der Waals surface area contributed by atoms with Gasteiger partial charge in [-0.2, -0.15) is 13.2 Å². The number of rotatable bonds is 6. The van der Waals surface area contributed by atoms with Crippen molar-refractivity contribution in [1.29, 1.82) is 0 Å². The van der Waals surface area contributed by atoms with E-state index in [0.717, 1.165) is 7.05 Å². The predicted octanol–water partition coefficient (Wildman–Crippen LogP) is 5.14. The summed E-state index contributed by atoms with van der Waals surface area (Å²) in [6.07, 6.45) is -5.86. The van der Waals surface area contributed by atoms with Crippen molar-refractivity contribution in [3.63, 3.8) is 0 Å². The number of hydrogen-bond acceptors (Lipinski definition) is 7. The van der Waals surface area contributed by atoms with Crippen molar-refractivity contribution in [3.05, 3.63) is 58.1 Å². The highest BCUT2D eigenvalue weighted by Gasteiger charge is 2.44. The summed E-state index contributed by atoms with van der Waals surface area (Å²) in [5, 5.41) is 12.0. The van der Waals surface area contributed by atoms with Gasteiger partial charge < -0.3 is 19.3 Å². The fraction of sp³-hybridized carbons (Fsp3) is 0.462. The lowest BCUT2D eigenvalue weighted by Crippen LogP contribution is -2.60. The molecule has 1 aliphatic heterocycles. The van der Waals surface area contributed by atoms with Crippen LogP contribution in [0.25, 0.3) is 0 Å². The lowest BCUT2D eigenvalue weighted by atomic mass is 10.1. The van der Waals surface area contributed by atoms with Crippen LogP contribution >= 0.6 is 0 Å². The van der Waals surface area contributed by atoms with Gasteiger partial charge in [0.25, 0.3) is 5.69 Å². The van der Waals surface area contributed by atoms with Gasteiger partial charge in [0, 0.05) is 44.9 Å². The van der Waals surface area contributed by atoms with Crippen LogP contribution in [-0.2, 0) is 9.53 Å². The van der Waals surface area contributed by atoms with Gasteiger partial charge in [0.1, 0.15) is 22.8 Å². The normalized spacial score (nSPS) is 16.1. The van der Waals surface area contributed by atoms with Gasteiger partial charge in [-0.15, -0.1) is 0 Å². The molecule has 2 aromatic carbocycles. The quantitative estimate of drug-likeness (QED) is 0.361. The third kappa shape index (κ3) is 7.30. The first kappa shape index (κ1) is 29.5. The molecule has 0 aliphatic carbocycles. The van der Waals surface area contributed by atoms with Crippen LogP contribution in [0, 0.1) is 17.0 Å². The first-order valence-electron chi connectivity index (χ1n) is 12.2. The van der Waals surface area contributed by atoms with Crippen molar-refractivity contribution >= 4 is 23.4 Å². The van der Waals surface area contributed by atoms with Gasteiger partial charge >= 0.3 is 18.2 Å². The Labute approximate surface area is 224 Å². The molecule has 2 amide bonds. The molecule has 1 saturated heterocycles. The lowest BCUT2D eigenvalue weighted by Gasteiger charge is -2.43. The zero-order valence-electron chi connectivity index (χ0n) is 22.3. The molecular formula is C26H31F3N4O6. The number of alkyl halides is 3. The number of amides is 2. The molecular weight excluding hydrogens is 521 g/mol. The molecule has 212 valence electrons. The summed E-state index contributed by atoms with van der Waals surface area (Å²) in [7, 11) is 0.990. The Morgan fingerprint density at radius 2 is 1.74 bits per heavy atom. The van der Waals surface area contributed by atoms with Gasteiger partial charge in [0.2, 0.25) is 0 Å². The Hall–Kier alpha value is -4.03. The van der Waals surface area contributed by atoms with Gasteiger partial charge in [0.05, 0.1) is 11.0 Å². The molecule has 0 spiro atoms. The second-order valence-electron chi connectivity index (χ2n) is 10.2. The molecule has 1 heterocycles. The minimum absolute atomic E-state index is 0.00596. The third-order valence-electron chi connectivity index (χ3n) is 6.03. The van der Waals surface area contributed by atoms with Crippen molar-refractivity contribution in [2.24, 2.45) is 0 Å². The summed E-state index contributed by atoms with van der Waals surface area (Å²) in [5.74, 6) is -1.19. The number of hydrogen-bond donors (Lipinski definition) is 0. The van der Waals surface area contributed by atoms with Crippen molar-refractivity contribution in [2.75, 3.05) is 38.1 Å². The highest BCUT2D eigenvalue weighted by atomic mass is 19.4. The second kappa shape index (κ2) is 11.4. The second-order valence-corrected chi connectivity index (χ2v) is 10.2.